The molecule has 3 rings (SSSR count). The second-order valence-electron chi connectivity index (χ2n) is 5.62. The standard InChI is InChI=1S/C19H17ClN2O4/c1-25-16-8-5-13(10-17(16)26-2)9-15-18(23)22(19(24)21-15)11-12-3-6-14(20)7-4-12/h3-10H,11H2,1-2H3,(H,21,24)/b15-9-. The molecule has 6 nitrogen and oxygen atoms in total. The molecule has 2 aromatic rings. The molecule has 7 heteroatoms. The van der Waals surface area contributed by atoms with E-state index >= 15 is 0 Å². The van der Waals surface area contributed by atoms with Gasteiger partial charge in [0.1, 0.15) is 5.70 Å². The number of hydrogen-bond donors (Lipinski definition) is 1. The third kappa shape index (κ3) is 3.65. The first-order valence-electron chi connectivity index (χ1n) is 7.83. The zero-order valence-electron chi connectivity index (χ0n) is 14.3. The highest BCUT2D eigenvalue weighted by molar-refractivity contribution is 6.30. The average molecular weight is 373 g/mol. The molecule has 2 aromatic carbocycles. The average Bonchev–Trinajstić information content (AvgIpc) is 2.90. The Morgan fingerprint density at radius 1 is 1.04 bits per heavy atom. The Bertz CT molecular complexity index is 878. The van der Waals surface area contributed by atoms with E-state index in [9.17, 15) is 9.59 Å². The predicted molar refractivity (Wildman–Crippen MR) is 98.1 cm³/mol. The number of carbonyl (C=O) groups is 2. The largest absolute Gasteiger partial charge is 0.493 e. The lowest BCUT2D eigenvalue weighted by Crippen LogP contribution is -2.30. The highest BCUT2D eigenvalue weighted by Gasteiger charge is 2.33. The van der Waals surface area contributed by atoms with E-state index in [0.29, 0.717) is 22.1 Å². The number of rotatable bonds is 5. The van der Waals surface area contributed by atoms with E-state index < -0.39 is 6.03 Å². The summed E-state index contributed by atoms with van der Waals surface area (Å²) in [5, 5.41) is 3.20. The summed E-state index contributed by atoms with van der Waals surface area (Å²) in [5.41, 5.74) is 1.72. The van der Waals surface area contributed by atoms with Gasteiger partial charge in [-0.05, 0) is 41.5 Å². The van der Waals surface area contributed by atoms with Gasteiger partial charge in [0.15, 0.2) is 11.5 Å². The molecule has 0 bridgehead atoms. The van der Waals surface area contributed by atoms with Crippen molar-refractivity contribution in [3.8, 4) is 11.5 Å². The van der Waals surface area contributed by atoms with Crippen LogP contribution in [-0.2, 0) is 11.3 Å². The fourth-order valence-corrected chi connectivity index (χ4v) is 2.72. The van der Waals surface area contributed by atoms with E-state index in [0.717, 1.165) is 10.5 Å². The van der Waals surface area contributed by atoms with Gasteiger partial charge < -0.3 is 14.8 Å². The number of imide groups is 1. The van der Waals surface area contributed by atoms with Crippen molar-refractivity contribution < 1.29 is 19.1 Å². The number of carbonyl (C=O) groups excluding carboxylic acids is 2. The van der Waals surface area contributed by atoms with E-state index in [1.165, 1.54) is 7.11 Å². The second kappa shape index (κ2) is 7.49. The Balaban J connectivity index is 1.81. The van der Waals surface area contributed by atoms with E-state index in [2.05, 4.69) is 5.32 Å². The first kappa shape index (κ1) is 17.8. The van der Waals surface area contributed by atoms with Crippen LogP contribution < -0.4 is 14.8 Å². The van der Waals surface area contributed by atoms with Gasteiger partial charge in [0, 0.05) is 5.02 Å². The molecule has 0 radical (unpaired) electrons. The zero-order chi connectivity index (χ0) is 18.7. The molecule has 1 saturated heterocycles. The molecule has 0 unspecified atom stereocenters. The summed E-state index contributed by atoms with van der Waals surface area (Å²) in [7, 11) is 3.08. The number of benzene rings is 2. The molecule has 0 atom stereocenters. The summed E-state index contributed by atoms with van der Waals surface area (Å²) in [4.78, 5) is 25.9. The van der Waals surface area contributed by atoms with E-state index in [4.69, 9.17) is 21.1 Å². The Morgan fingerprint density at radius 2 is 1.73 bits per heavy atom. The first-order chi connectivity index (χ1) is 12.5. The molecule has 1 aliphatic rings. The second-order valence-corrected chi connectivity index (χ2v) is 6.06. The quantitative estimate of drug-likeness (QED) is 0.644. The van der Waals surface area contributed by atoms with Gasteiger partial charge >= 0.3 is 6.03 Å². The Morgan fingerprint density at radius 3 is 2.38 bits per heavy atom. The number of hydrogen-bond acceptors (Lipinski definition) is 4. The highest BCUT2D eigenvalue weighted by atomic mass is 35.5. The minimum Gasteiger partial charge on any atom is -0.493 e. The van der Waals surface area contributed by atoms with Crippen LogP contribution in [0.25, 0.3) is 6.08 Å². The predicted octanol–water partition coefficient (Wildman–Crippen LogP) is 3.45. The number of urea groups is 1. The van der Waals surface area contributed by atoms with E-state index in [1.807, 2.05) is 0 Å². The molecule has 0 aliphatic carbocycles. The number of ether oxygens (including phenoxy) is 2. The maximum absolute atomic E-state index is 12.6. The molecule has 1 heterocycles. The molecule has 1 fully saturated rings. The Labute approximate surface area is 156 Å². The van der Waals surface area contributed by atoms with Crippen LogP contribution in [0.5, 0.6) is 11.5 Å². The molecular formula is C19H17ClN2O4. The van der Waals surface area contributed by atoms with Crippen molar-refractivity contribution in [3.63, 3.8) is 0 Å². The lowest BCUT2D eigenvalue weighted by Gasteiger charge is -2.11. The fraction of sp³-hybridized carbons (Fsp3) is 0.158. The maximum atomic E-state index is 12.6. The number of amides is 3. The van der Waals surface area contributed by atoms with Gasteiger partial charge in [0.05, 0.1) is 20.8 Å². The van der Waals surface area contributed by atoms with Gasteiger partial charge in [0.25, 0.3) is 5.91 Å². The van der Waals surface area contributed by atoms with Crippen LogP contribution in [0.1, 0.15) is 11.1 Å². The number of halogens is 1. The number of nitrogens with zero attached hydrogens (tertiary/aromatic N) is 1. The van der Waals surface area contributed by atoms with Crippen LogP contribution >= 0.6 is 11.6 Å². The van der Waals surface area contributed by atoms with E-state index in [-0.39, 0.29) is 18.1 Å². The van der Waals surface area contributed by atoms with Crippen molar-refractivity contribution >= 4 is 29.6 Å². The highest BCUT2D eigenvalue weighted by Crippen LogP contribution is 2.29. The zero-order valence-corrected chi connectivity index (χ0v) is 15.0. The van der Waals surface area contributed by atoms with Crippen LogP contribution in [0.3, 0.4) is 0 Å². The first-order valence-corrected chi connectivity index (χ1v) is 8.20. The summed E-state index contributed by atoms with van der Waals surface area (Å²) in [5.74, 6) is 0.733. The molecule has 1 N–H and O–H groups in total. The van der Waals surface area contributed by atoms with Gasteiger partial charge in [-0.2, -0.15) is 0 Å². The minimum absolute atomic E-state index is 0.172. The lowest BCUT2D eigenvalue weighted by atomic mass is 10.1. The number of methoxy groups -OCH3 is 2. The smallest absolute Gasteiger partial charge is 0.329 e. The fourth-order valence-electron chi connectivity index (χ4n) is 2.60. The summed E-state index contributed by atoms with van der Waals surface area (Å²) in [6, 6.07) is 11.8. The molecule has 3 amide bonds. The monoisotopic (exact) mass is 372 g/mol. The van der Waals surface area contributed by atoms with Crippen LogP contribution in [0.15, 0.2) is 48.2 Å². The summed E-state index contributed by atoms with van der Waals surface area (Å²) in [6.45, 7) is 0.172. The molecule has 0 aromatic heterocycles. The van der Waals surface area contributed by atoms with E-state index in [1.54, 1.807) is 55.7 Å². The topological polar surface area (TPSA) is 67.9 Å². The molecule has 0 spiro atoms. The van der Waals surface area contributed by atoms with Crippen molar-refractivity contribution in [1.82, 2.24) is 10.2 Å². The summed E-state index contributed by atoms with van der Waals surface area (Å²) >= 11 is 5.86. The van der Waals surface area contributed by atoms with Crippen LogP contribution in [-0.4, -0.2) is 31.1 Å². The van der Waals surface area contributed by atoms with Crippen LogP contribution in [0, 0.1) is 0 Å². The molecule has 26 heavy (non-hydrogen) atoms. The molecular weight excluding hydrogens is 356 g/mol. The van der Waals surface area contributed by atoms with Gasteiger partial charge in [-0.3, -0.25) is 9.69 Å². The van der Waals surface area contributed by atoms with Crippen LogP contribution in [0.2, 0.25) is 5.02 Å². The Kier molecular flexibility index (Phi) is 5.14. The van der Waals surface area contributed by atoms with Crippen molar-refractivity contribution in [1.29, 1.82) is 0 Å². The lowest BCUT2D eigenvalue weighted by molar-refractivity contribution is -0.123. The van der Waals surface area contributed by atoms with Gasteiger partial charge in [-0.15, -0.1) is 0 Å². The molecule has 1 aliphatic heterocycles. The third-order valence-electron chi connectivity index (χ3n) is 3.93. The van der Waals surface area contributed by atoms with Crippen molar-refractivity contribution in [2.24, 2.45) is 0 Å². The van der Waals surface area contributed by atoms with Crippen molar-refractivity contribution in [2.75, 3.05) is 14.2 Å². The third-order valence-corrected chi connectivity index (χ3v) is 4.19. The van der Waals surface area contributed by atoms with Crippen molar-refractivity contribution in [3.05, 3.63) is 64.3 Å². The maximum Gasteiger partial charge on any atom is 0.329 e. The van der Waals surface area contributed by atoms with Gasteiger partial charge in [-0.1, -0.05) is 29.8 Å². The molecule has 134 valence electrons. The van der Waals surface area contributed by atoms with Crippen LogP contribution in [0.4, 0.5) is 4.79 Å². The number of nitrogens with one attached hydrogen (secondary N) is 1. The van der Waals surface area contributed by atoms with Gasteiger partial charge in [0.2, 0.25) is 0 Å². The molecule has 0 saturated carbocycles. The SMILES string of the molecule is COc1ccc(/C=C2\NC(=O)N(Cc3ccc(Cl)cc3)C2=O)cc1OC. The minimum atomic E-state index is -0.461. The van der Waals surface area contributed by atoms with Gasteiger partial charge in [-0.25, -0.2) is 4.79 Å². The summed E-state index contributed by atoms with van der Waals surface area (Å²) in [6.07, 6.45) is 1.60. The van der Waals surface area contributed by atoms with Crippen molar-refractivity contribution in [2.45, 2.75) is 6.54 Å². The summed E-state index contributed by atoms with van der Waals surface area (Å²) < 4.78 is 10.4. The normalized spacial score (nSPS) is 15.3. The Hall–Kier alpha value is -2.99.